The van der Waals surface area contributed by atoms with Gasteiger partial charge in [0.25, 0.3) is 5.56 Å². The molecule has 0 saturated carbocycles. The standard InChI is InChI=1S/C24H19ClN4O2/c1-28-12-17-11-20(9-10-21(17)27-28)29-13-16-5-8-19(14-31-2)26-23(16)22(24(29)30)15-3-6-18(25)7-4-15/h3-13H,14H2,1-2H3. The van der Waals surface area contributed by atoms with Crippen molar-refractivity contribution in [2.45, 2.75) is 6.61 Å². The molecule has 0 aliphatic carbocycles. The summed E-state index contributed by atoms with van der Waals surface area (Å²) in [5.74, 6) is 0. The second-order valence-corrected chi connectivity index (χ2v) is 7.84. The quantitative estimate of drug-likeness (QED) is 0.413. The minimum atomic E-state index is -0.153. The third-order valence-corrected chi connectivity index (χ3v) is 5.48. The van der Waals surface area contributed by atoms with Crippen LogP contribution in [0.2, 0.25) is 5.02 Å². The highest BCUT2D eigenvalue weighted by Crippen LogP contribution is 2.27. The van der Waals surface area contributed by atoms with Gasteiger partial charge in [0.15, 0.2) is 0 Å². The summed E-state index contributed by atoms with van der Waals surface area (Å²) >= 11 is 6.08. The molecule has 7 heteroatoms. The number of pyridine rings is 2. The number of hydrogen-bond donors (Lipinski definition) is 0. The largest absolute Gasteiger partial charge is 0.378 e. The molecule has 3 heterocycles. The average Bonchev–Trinajstić information content (AvgIpc) is 3.14. The summed E-state index contributed by atoms with van der Waals surface area (Å²) in [6.45, 7) is 0.372. The van der Waals surface area contributed by atoms with E-state index in [0.717, 1.165) is 33.2 Å². The maximum atomic E-state index is 13.7. The molecule has 31 heavy (non-hydrogen) atoms. The highest BCUT2D eigenvalue weighted by atomic mass is 35.5. The number of aryl methyl sites for hydroxylation is 1. The number of methoxy groups -OCH3 is 1. The number of benzene rings is 2. The molecule has 0 aliphatic rings. The molecule has 154 valence electrons. The van der Waals surface area contributed by atoms with E-state index in [4.69, 9.17) is 21.3 Å². The minimum absolute atomic E-state index is 0.153. The molecule has 0 fully saturated rings. The van der Waals surface area contributed by atoms with Crippen LogP contribution in [0.3, 0.4) is 0 Å². The van der Waals surface area contributed by atoms with Crippen LogP contribution in [0.5, 0.6) is 0 Å². The first-order chi connectivity index (χ1) is 15.0. The first kappa shape index (κ1) is 19.5. The van der Waals surface area contributed by atoms with Crippen LogP contribution in [0.25, 0.3) is 38.6 Å². The smallest absolute Gasteiger partial charge is 0.265 e. The van der Waals surface area contributed by atoms with Gasteiger partial charge < -0.3 is 4.74 Å². The van der Waals surface area contributed by atoms with Crippen LogP contribution in [0.4, 0.5) is 0 Å². The van der Waals surface area contributed by atoms with E-state index in [-0.39, 0.29) is 5.56 Å². The molecule has 0 amide bonds. The van der Waals surface area contributed by atoms with Crippen molar-refractivity contribution in [1.29, 1.82) is 0 Å². The normalized spacial score (nSPS) is 11.5. The topological polar surface area (TPSA) is 61.9 Å². The molecule has 0 N–H and O–H groups in total. The predicted molar refractivity (Wildman–Crippen MR) is 123 cm³/mol. The van der Waals surface area contributed by atoms with Crippen molar-refractivity contribution in [3.05, 3.63) is 88.1 Å². The summed E-state index contributed by atoms with van der Waals surface area (Å²) in [5.41, 5.74) is 4.18. The van der Waals surface area contributed by atoms with E-state index in [9.17, 15) is 4.79 Å². The maximum absolute atomic E-state index is 13.7. The molecule has 0 aliphatic heterocycles. The second-order valence-electron chi connectivity index (χ2n) is 7.41. The summed E-state index contributed by atoms with van der Waals surface area (Å²) in [6, 6.07) is 16.9. The number of hydrogen-bond acceptors (Lipinski definition) is 4. The van der Waals surface area contributed by atoms with Crippen molar-refractivity contribution >= 4 is 33.4 Å². The van der Waals surface area contributed by atoms with Crippen molar-refractivity contribution in [3.8, 4) is 16.8 Å². The molecule has 6 nitrogen and oxygen atoms in total. The van der Waals surface area contributed by atoms with E-state index in [2.05, 4.69) is 5.10 Å². The zero-order valence-corrected chi connectivity index (χ0v) is 17.8. The molecule has 0 radical (unpaired) electrons. The van der Waals surface area contributed by atoms with Crippen molar-refractivity contribution in [3.63, 3.8) is 0 Å². The fraction of sp³-hybridized carbons (Fsp3) is 0.125. The number of aromatic nitrogens is 4. The fourth-order valence-electron chi connectivity index (χ4n) is 3.82. The van der Waals surface area contributed by atoms with Gasteiger partial charge in [0, 0.05) is 48.0 Å². The zero-order valence-electron chi connectivity index (χ0n) is 17.0. The Morgan fingerprint density at radius 2 is 1.81 bits per heavy atom. The van der Waals surface area contributed by atoms with Gasteiger partial charge in [-0.15, -0.1) is 0 Å². The Balaban J connectivity index is 1.81. The van der Waals surface area contributed by atoms with E-state index in [1.807, 2.05) is 61.9 Å². The van der Waals surface area contributed by atoms with Gasteiger partial charge in [0.1, 0.15) is 0 Å². The molecule has 0 saturated heterocycles. The van der Waals surface area contributed by atoms with E-state index < -0.39 is 0 Å². The third-order valence-electron chi connectivity index (χ3n) is 5.23. The lowest BCUT2D eigenvalue weighted by molar-refractivity contribution is 0.182. The van der Waals surface area contributed by atoms with Crippen molar-refractivity contribution < 1.29 is 4.74 Å². The Kier molecular flexibility index (Phi) is 4.81. The first-order valence-electron chi connectivity index (χ1n) is 9.77. The lowest BCUT2D eigenvalue weighted by Crippen LogP contribution is -2.20. The third kappa shape index (κ3) is 3.50. The van der Waals surface area contributed by atoms with E-state index >= 15 is 0 Å². The molecule has 2 aromatic carbocycles. The predicted octanol–water partition coefficient (Wildman–Crippen LogP) is 4.74. The van der Waals surface area contributed by atoms with Crippen molar-refractivity contribution in [1.82, 2.24) is 19.3 Å². The van der Waals surface area contributed by atoms with Crippen LogP contribution in [-0.4, -0.2) is 26.4 Å². The van der Waals surface area contributed by atoms with Gasteiger partial charge in [-0.25, -0.2) is 4.98 Å². The Hall–Kier alpha value is -3.48. The Bertz CT molecular complexity index is 1490. The van der Waals surface area contributed by atoms with Crippen LogP contribution in [0.1, 0.15) is 5.69 Å². The second kappa shape index (κ2) is 7.65. The summed E-state index contributed by atoms with van der Waals surface area (Å²) < 4.78 is 8.66. The SMILES string of the molecule is COCc1ccc2cn(-c3ccc4nn(C)cc4c3)c(=O)c(-c3ccc(Cl)cc3)c2n1. The van der Waals surface area contributed by atoms with Crippen LogP contribution in [0.15, 0.2) is 71.8 Å². The summed E-state index contributed by atoms with van der Waals surface area (Å²) in [4.78, 5) is 18.4. The van der Waals surface area contributed by atoms with E-state index in [1.165, 1.54) is 0 Å². The van der Waals surface area contributed by atoms with Gasteiger partial charge in [-0.3, -0.25) is 14.0 Å². The molecule has 0 bridgehead atoms. The monoisotopic (exact) mass is 430 g/mol. The van der Waals surface area contributed by atoms with E-state index in [0.29, 0.717) is 22.7 Å². The number of ether oxygens (including phenoxy) is 1. The van der Waals surface area contributed by atoms with Crippen LogP contribution < -0.4 is 5.56 Å². The fourth-order valence-corrected chi connectivity index (χ4v) is 3.94. The molecule has 5 aromatic rings. The Labute approximate surface area is 183 Å². The van der Waals surface area contributed by atoms with Crippen LogP contribution in [0, 0.1) is 0 Å². The Morgan fingerprint density at radius 3 is 2.58 bits per heavy atom. The Morgan fingerprint density at radius 1 is 1.00 bits per heavy atom. The van der Waals surface area contributed by atoms with Crippen LogP contribution >= 0.6 is 11.6 Å². The highest BCUT2D eigenvalue weighted by Gasteiger charge is 2.16. The summed E-state index contributed by atoms with van der Waals surface area (Å²) in [6.07, 6.45) is 3.77. The molecular weight excluding hydrogens is 412 g/mol. The van der Waals surface area contributed by atoms with E-state index in [1.54, 1.807) is 28.5 Å². The molecule has 5 rings (SSSR count). The molecule has 0 spiro atoms. The number of nitrogens with zero attached hydrogens (tertiary/aromatic N) is 4. The summed E-state index contributed by atoms with van der Waals surface area (Å²) in [7, 11) is 3.50. The maximum Gasteiger partial charge on any atom is 0.265 e. The van der Waals surface area contributed by atoms with Gasteiger partial charge in [0.05, 0.1) is 28.9 Å². The molecule has 0 unspecified atom stereocenters. The minimum Gasteiger partial charge on any atom is -0.378 e. The van der Waals surface area contributed by atoms with Gasteiger partial charge in [-0.1, -0.05) is 23.7 Å². The highest BCUT2D eigenvalue weighted by molar-refractivity contribution is 6.30. The molecule has 3 aromatic heterocycles. The average molecular weight is 431 g/mol. The van der Waals surface area contributed by atoms with Gasteiger partial charge in [-0.2, -0.15) is 5.10 Å². The molecule has 0 atom stereocenters. The summed E-state index contributed by atoms with van der Waals surface area (Å²) in [5, 5.41) is 6.85. The van der Waals surface area contributed by atoms with Crippen LogP contribution in [-0.2, 0) is 18.4 Å². The lowest BCUT2D eigenvalue weighted by Gasteiger charge is -2.13. The van der Waals surface area contributed by atoms with Gasteiger partial charge >= 0.3 is 0 Å². The number of fused-ring (bicyclic) bond motifs is 2. The van der Waals surface area contributed by atoms with Gasteiger partial charge in [0.2, 0.25) is 0 Å². The van der Waals surface area contributed by atoms with Gasteiger partial charge in [-0.05, 0) is 48.0 Å². The zero-order chi connectivity index (χ0) is 21.5. The number of rotatable bonds is 4. The van der Waals surface area contributed by atoms with Crippen molar-refractivity contribution in [2.24, 2.45) is 7.05 Å². The van der Waals surface area contributed by atoms with Crippen molar-refractivity contribution in [2.75, 3.05) is 7.11 Å². The first-order valence-corrected chi connectivity index (χ1v) is 10.2. The lowest BCUT2D eigenvalue weighted by atomic mass is 10.0. The molecular formula is C24H19ClN4O2. The number of halogens is 1.